The summed E-state index contributed by atoms with van der Waals surface area (Å²) < 4.78 is 5.90. The van der Waals surface area contributed by atoms with E-state index in [4.69, 9.17) is 10.5 Å². The highest BCUT2D eigenvalue weighted by atomic mass is 16.5. The Kier molecular flexibility index (Phi) is 13.1. The highest BCUT2D eigenvalue weighted by molar-refractivity contribution is 6.01. The van der Waals surface area contributed by atoms with Gasteiger partial charge in [-0.1, -0.05) is 32.9 Å². The first kappa shape index (κ1) is 35.3. The summed E-state index contributed by atoms with van der Waals surface area (Å²) in [6.07, 6.45) is 1.10. The van der Waals surface area contributed by atoms with Crippen LogP contribution in [0.1, 0.15) is 70.2 Å². The van der Waals surface area contributed by atoms with E-state index in [-0.39, 0.29) is 42.7 Å². The number of para-hydroxylation sites is 1. The van der Waals surface area contributed by atoms with E-state index in [1.165, 1.54) is 6.07 Å². The van der Waals surface area contributed by atoms with Gasteiger partial charge >= 0.3 is 0 Å². The molecule has 248 valence electrons. The van der Waals surface area contributed by atoms with E-state index in [1.807, 2.05) is 0 Å². The van der Waals surface area contributed by atoms with Gasteiger partial charge in [0.1, 0.15) is 30.5 Å². The van der Waals surface area contributed by atoms with Gasteiger partial charge in [0.15, 0.2) is 0 Å². The molecule has 0 saturated carbocycles. The summed E-state index contributed by atoms with van der Waals surface area (Å²) >= 11 is 0. The standard InChI is InChI=1S/C31H47N7O7/c1-5-38-14-8-9-20(38)16-33-29(42)23-15-26(40)35-22(12-13-25(32)39)30(43)37-27(18(2)3)31(44)34-19(4)17-45-24-11-7-6-10-21(24)28(41)36-23/h6-7,10-11,18-20,22-23,27H,5,8-9,12-17H2,1-4H3,(H2,32,39)(H,33,42)(H,34,44)(H,35,40)(H,36,41)(H,37,43)/t19-,20-,22-,23-,27+/m0/s1. The van der Waals surface area contributed by atoms with Crippen molar-refractivity contribution in [1.82, 2.24) is 31.5 Å². The van der Waals surface area contributed by atoms with E-state index in [0.29, 0.717) is 6.54 Å². The molecule has 2 aliphatic heterocycles. The van der Waals surface area contributed by atoms with Crippen molar-refractivity contribution in [3.8, 4) is 5.75 Å². The summed E-state index contributed by atoms with van der Waals surface area (Å²) in [5.41, 5.74) is 5.46. The van der Waals surface area contributed by atoms with E-state index in [0.717, 1.165) is 25.9 Å². The number of nitrogens with zero attached hydrogens (tertiary/aromatic N) is 1. The third-order valence-electron chi connectivity index (χ3n) is 8.02. The largest absolute Gasteiger partial charge is 0.491 e. The molecule has 0 unspecified atom stereocenters. The smallest absolute Gasteiger partial charge is 0.255 e. The highest BCUT2D eigenvalue weighted by Crippen LogP contribution is 2.19. The summed E-state index contributed by atoms with van der Waals surface area (Å²) in [6.45, 7) is 9.41. The lowest BCUT2D eigenvalue weighted by atomic mass is 10.0. The summed E-state index contributed by atoms with van der Waals surface area (Å²) in [6, 6.07) is 2.61. The Morgan fingerprint density at radius 1 is 1.07 bits per heavy atom. The minimum atomic E-state index is -1.29. The number of likely N-dealkylation sites (N-methyl/N-ethyl adjacent to an activating group) is 1. The zero-order valence-electron chi connectivity index (χ0n) is 26.5. The van der Waals surface area contributed by atoms with Crippen molar-refractivity contribution in [3.63, 3.8) is 0 Å². The number of hydrogen-bond donors (Lipinski definition) is 6. The highest BCUT2D eigenvalue weighted by Gasteiger charge is 2.33. The van der Waals surface area contributed by atoms with Gasteiger partial charge in [-0.25, -0.2) is 0 Å². The van der Waals surface area contributed by atoms with Crippen molar-refractivity contribution in [1.29, 1.82) is 0 Å². The second kappa shape index (κ2) is 16.8. The first-order valence-electron chi connectivity index (χ1n) is 15.6. The first-order chi connectivity index (χ1) is 21.4. The molecule has 6 amide bonds. The lowest BCUT2D eigenvalue weighted by molar-refractivity contribution is -0.134. The van der Waals surface area contributed by atoms with Gasteiger partial charge in [0.25, 0.3) is 5.91 Å². The molecule has 2 heterocycles. The summed E-state index contributed by atoms with van der Waals surface area (Å²) in [4.78, 5) is 80.6. The number of rotatable bonds is 8. The molecule has 2 aliphatic rings. The van der Waals surface area contributed by atoms with Crippen molar-refractivity contribution in [2.45, 2.75) is 90.0 Å². The van der Waals surface area contributed by atoms with Crippen LogP contribution in [-0.4, -0.2) is 96.8 Å². The number of nitrogens with one attached hydrogen (secondary N) is 5. The average molecular weight is 630 g/mol. The summed E-state index contributed by atoms with van der Waals surface area (Å²) in [7, 11) is 0. The third kappa shape index (κ3) is 10.4. The van der Waals surface area contributed by atoms with Gasteiger partial charge < -0.3 is 37.1 Å². The molecule has 1 aromatic rings. The van der Waals surface area contributed by atoms with Crippen molar-refractivity contribution < 1.29 is 33.5 Å². The van der Waals surface area contributed by atoms with E-state index in [1.54, 1.807) is 39.0 Å². The Morgan fingerprint density at radius 3 is 2.49 bits per heavy atom. The Hall–Kier alpha value is -4.20. The minimum absolute atomic E-state index is 0.00923. The predicted molar refractivity (Wildman–Crippen MR) is 166 cm³/mol. The van der Waals surface area contributed by atoms with Crippen LogP contribution in [0.25, 0.3) is 0 Å². The molecule has 14 nitrogen and oxygen atoms in total. The van der Waals surface area contributed by atoms with Crippen LogP contribution in [0.3, 0.4) is 0 Å². The second-order valence-electron chi connectivity index (χ2n) is 12.0. The van der Waals surface area contributed by atoms with Gasteiger partial charge in [0, 0.05) is 19.0 Å². The fraction of sp³-hybridized carbons (Fsp3) is 0.613. The fourth-order valence-electron chi connectivity index (χ4n) is 5.48. The predicted octanol–water partition coefficient (Wildman–Crippen LogP) is -0.436. The van der Waals surface area contributed by atoms with Gasteiger partial charge in [-0.15, -0.1) is 0 Å². The zero-order chi connectivity index (χ0) is 33.1. The molecule has 1 aromatic carbocycles. The molecule has 1 fully saturated rings. The quantitative estimate of drug-likeness (QED) is 0.222. The molecule has 0 aromatic heterocycles. The molecular weight excluding hydrogens is 582 g/mol. The number of benzene rings is 1. The number of primary amides is 1. The minimum Gasteiger partial charge on any atom is -0.491 e. The van der Waals surface area contributed by atoms with E-state index < -0.39 is 66.0 Å². The molecule has 1 saturated heterocycles. The van der Waals surface area contributed by atoms with Gasteiger partial charge in [-0.3, -0.25) is 33.7 Å². The topological polar surface area (TPSA) is 201 Å². The van der Waals surface area contributed by atoms with E-state index >= 15 is 0 Å². The van der Waals surface area contributed by atoms with E-state index in [9.17, 15) is 28.8 Å². The maximum Gasteiger partial charge on any atom is 0.255 e. The van der Waals surface area contributed by atoms with Crippen LogP contribution < -0.4 is 37.1 Å². The summed E-state index contributed by atoms with van der Waals surface area (Å²) in [5, 5.41) is 13.6. The van der Waals surface area contributed by atoms with Crippen LogP contribution in [0.5, 0.6) is 5.75 Å². The lowest BCUT2D eigenvalue weighted by Gasteiger charge is -2.27. The molecule has 0 bridgehead atoms. The van der Waals surface area contributed by atoms with Crippen LogP contribution >= 0.6 is 0 Å². The van der Waals surface area contributed by atoms with Crippen LogP contribution in [0.15, 0.2) is 24.3 Å². The van der Waals surface area contributed by atoms with Crippen LogP contribution in [0, 0.1) is 5.92 Å². The number of amides is 6. The fourth-order valence-corrected chi connectivity index (χ4v) is 5.48. The molecule has 5 atom stereocenters. The normalized spacial score (nSPS) is 25.6. The third-order valence-corrected chi connectivity index (χ3v) is 8.02. The van der Waals surface area contributed by atoms with Gasteiger partial charge in [0.2, 0.25) is 29.5 Å². The maximum atomic E-state index is 13.5. The molecule has 0 aliphatic carbocycles. The first-order valence-corrected chi connectivity index (χ1v) is 15.6. The summed E-state index contributed by atoms with van der Waals surface area (Å²) in [5.74, 6) is -3.84. The van der Waals surface area contributed by atoms with Gasteiger partial charge in [0.05, 0.1) is 18.0 Å². The molecular formula is C31H47N7O7. The molecule has 45 heavy (non-hydrogen) atoms. The number of fused-ring (bicyclic) bond motifs is 1. The van der Waals surface area contributed by atoms with Crippen molar-refractivity contribution >= 4 is 35.4 Å². The molecule has 7 N–H and O–H groups in total. The Balaban J connectivity index is 1.92. The number of hydrogen-bond acceptors (Lipinski definition) is 8. The van der Waals surface area contributed by atoms with Gasteiger partial charge in [-0.05, 0) is 57.3 Å². The average Bonchev–Trinajstić information content (AvgIpc) is 3.46. The van der Waals surface area contributed by atoms with E-state index in [2.05, 4.69) is 38.4 Å². The Labute approximate surface area is 263 Å². The molecule has 0 spiro atoms. The van der Waals surface area contributed by atoms with Crippen molar-refractivity contribution in [2.24, 2.45) is 11.7 Å². The van der Waals surface area contributed by atoms with Crippen molar-refractivity contribution in [2.75, 3.05) is 26.2 Å². The zero-order valence-corrected chi connectivity index (χ0v) is 26.5. The van der Waals surface area contributed by atoms with Crippen LogP contribution in [0.4, 0.5) is 0 Å². The molecule has 0 radical (unpaired) electrons. The van der Waals surface area contributed by atoms with Gasteiger partial charge in [-0.2, -0.15) is 0 Å². The maximum absolute atomic E-state index is 13.5. The number of nitrogens with two attached hydrogens (primary N) is 1. The number of ether oxygens (including phenoxy) is 1. The molecule has 14 heteroatoms. The Bertz CT molecular complexity index is 1240. The number of carbonyl (C=O) groups is 6. The SMILES string of the molecule is CCN1CCC[C@H]1CNC(=O)[C@@H]1CC(=O)N[C@@H](CCC(N)=O)C(=O)N[C@H](C(C)C)C(=O)N[C@@H](C)COc2ccccc2C(=O)N1. The van der Waals surface area contributed by atoms with Crippen molar-refractivity contribution in [3.05, 3.63) is 29.8 Å². The van der Waals surface area contributed by atoms with Crippen LogP contribution in [0.2, 0.25) is 0 Å². The lowest BCUT2D eigenvalue weighted by Crippen LogP contribution is -2.57. The monoisotopic (exact) mass is 629 g/mol. The molecule has 3 rings (SSSR count). The Morgan fingerprint density at radius 2 is 1.80 bits per heavy atom. The number of carbonyl (C=O) groups excluding carboxylic acids is 6. The van der Waals surface area contributed by atoms with Crippen LogP contribution in [-0.2, 0) is 24.0 Å². The second-order valence-corrected chi connectivity index (χ2v) is 12.0. The number of likely N-dealkylation sites (tertiary alicyclic amines) is 1.